The molecule has 0 nitrogen and oxygen atoms in total. The lowest BCUT2D eigenvalue weighted by Crippen LogP contribution is -2.13. The Hall–Kier alpha value is 0. The Bertz CT molecular complexity index is 158. The Kier molecular flexibility index (Phi) is 1.52. The molecular weight excluding hydrogens is 132 g/mol. The summed E-state index contributed by atoms with van der Waals surface area (Å²) in [6.45, 7) is 16.7. The van der Waals surface area contributed by atoms with Crippen molar-refractivity contribution in [1.82, 2.24) is 0 Å². The lowest BCUT2D eigenvalue weighted by Gasteiger charge is -2.20. The fourth-order valence-electron chi connectivity index (χ4n) is 3.08. The minimum atomic E-state index is 0.522. The van der Waals surface area contributed by atoms with Crippen LogP contribution in [0, 0.1) is 22.2 Å². The zero-order valence-corrected chi connectivity index (χ0v) is 9.08. The van der Waals surface area contributed by atoms with Crippen LogP contribution in [0.3, 0.4) is 0 Å². The predicted molar refractivity (Wildman–Crippen MR) is 50.5 cm³/mol. The third-order valence-electron chi connectivity index (χ3n) is 5.25. The fourth-order valence-corrected chi connectivity index (χ4v) is 3.08. The lowest BCUT2D eigenvalue weighted by atomic mass is 9.85. The molecule has 0 aromatic carbocycles. The summed E-state index contributed by atoms with van der Waals surface area (Å²) < 4.78 is 0. The van der Waals surface area contributed by atoms with Crippen LogP contribution in [0.2, 0.25) is 0 Å². The largest absolute Gasteiger partial charge is 0.0622 e. The average molecular weight is 154 g/mol. The second-order valence-corrected chi connectivity index (χ2v) is 5.61. The van der Waals surface area contributed by atoms with Crippen molar-refractivity contribution >= 4 is 0 Å². The molecule has 0 saturated heterocycles. The van der Waals surface area contributed by atoms with E-state index >= 15 is 0 Å². The van der Waals surface area contributed by atoms with Crippen molar-refractivity contribution in [3.05, 3.63) is 0 Å². The monoisotopic (exact) mass is 154 g/mol. The molecule has 11 heavy (non-hydrogen) atoms. The van der Waals surface area contributed by atoms with Crippen molar-refractivity contribution in [3.8, 4) is 0 Å². The highest BCUT2D eigenvalue weighted by Crippen LogP contribution is 2.80. The summed E-state index contributed by atoms with van der Waals surface area (Å²) in [5, 5.41) is 0. The third-order valence-corrected chi connectivity index (χ3v) is 5.25. The molecule has 1 rings (SSSR count). The smallest absolute Gasteiger partial charge is 0.0190 e. The summed E-state index contributed by atoms with van der Waals surface area (Å²) in [4.78, 5) is 0. The van der Waals surface area contributed by atoms with Gasteiger partial charge < -0.3 is 0 Å². The zero-order chi connectivity index (χ0) is 9.08. The van der Waals surface area contributed by atoms with Crippen molar-refractivity contribution in [2.45, 2.75) is 48.5 Å². The first-order valence-electron chi connectivity index (χ1n) is 4.69. The number of hydrogen-bond donors (Lipinski definition) is 0. The Morgan fingerprint density at radius 1 is 0.727 bits per heavy atom. The van der Waals surface area contributed by atoms with Crippen LogP contribution < -0.4 is 0 Å². The standard InChI is InChI=1S/C11H22/c1-8(2)11(7)9(3,4)10(11,5)6/h8H,1-7H3. The molecule has 0 radical (unpaired) electrons. The molecule has 0 aromatic rings. The molecule has 0 bridgehead atoms. The maximum absolute atomic E-state index is 2.43. The van der Waals surface area contributed by atoms with E-state index in [9.17, 15) is 0 Å². The quantitative estimate of drug-likeness (QED) is 0.540. The van der Waals surface area contributed by atoms with Crippen LogP contribution in [-0.2, 0) is 0 Å². The van der Waals surface area contributed by atoms with E-state index in [1.807, 2.05) is 0 Å². The molecule has 1 fully saturated rings. The maximum atomic E-state index is 2.43. The van der Waals surface area contributed by atoms with Crippen molar-refractivity contribution in [1.29, 1.82) is 0 Å². The molecule has 0 unspecified atom stereocenters. The predicted octanol–water partition coefficient (Wildman–Crippen LogP) is 3.71. The average Bonchev–Trinajstić information content (AvgIpc) is 2.11. The fraction of sp³-hybridized carbons (Fsp3) is 1.00. The molecule has 0 spiro atoms. The Labute approximate surface area is 71.4 Å². The molecule has 0 atom stereocenters. The van der Waals surface area contributed by atoms with E-state index in [1.165, 1.54) is 0 Å². The molecule has 1 aliphatic carbocycles. The Balaban J connectivity index is 2.96. The van der Waals surface area contributed by atoms with Gasteiger partial charge in [-0.3, -0.25) is 0 Å². The topological polar surface area (TPSA) is 0 Å². The van der Waals surface area contributed by atoms with Crippen LogP contribution in [0.15, 0.2) is 0 Å². The third kappa shape index (κ3) is 0.666. The second kappa shape index (κ2) is 1.84. The first kappa shape index (κ1) is 9.09. The van der Waals surface area contributed by atoms with Gasteiger partial charge in [-0.1, -0.05) is 48.5 Å². The minimum Gasteiger partial charge on any atom is -0.0622 e. The van der Waals surface area contributed by atoms with Gasteiger partial charge in [-0.05, 0) is 22.2 Å². The van der Waals surface area contributed by atoms with E-state index in [4.69, 9.17) is 0 Å². The highest BCUT2D eigenvalue weighted by atomic mass is 14.8. The second-order valence-electron chi connectivity index (χ2n) is 5.61. The van der Waals surface area contributed by atoms with Crippen LogP contribution in [0.5, 0.6) is 0 Å². The van der Waals surface area contributed by atoms with Crippen LogP contribution in [0.4, 0.5) is 0 Å². The molecular formula is C11H22. The Morgan fingerprint density at radius 3 is 1.00 bits per heavy atom. The van der Waals surface area contributed by atoms with Crippen molar-refractivity contribution < 1.29 is 0 Å². The lowest BCUT2D eigenvalue weighted by molar-refractivity contribution is 0.288. The van der Waals surface area contributed by atoms with E-state index in [1.54, 1.807) is 0 Å². The van der Waals surface area contributed by atoms with Gasteiger partial charge in [0.15, 0.2) is 0 Å². The van der Waals surface area contributed by atoms with Gasteiger partial charge in [-0.2, -0.15) is 0 Å². The summed E-state index contributed by atoms with van der Waals surface area (Å²) in [5.41, 5.74) is 1.59. The molecule has 66 valence electrons. The Morgan fingerprint density at radius 2 is 1.00 bits per heavy atom. The van der Waals surface area contributed by atoms with Gasteiger partial charge in [-0.15, -0.1) is 0 Å². The summed E-state index contributed by atoms with van der Waals surface area (Å²) in [7, 11) is 0. The molecule has 0 heteroatoms. The summed E-state index contributed by atoms with van der Waals surface area (Å²) in [6, 6.07) is 0. The van der Waals surface area contributed by atoms with Crippen molar-refractivity contribution in [3.63, 3.8) is 0 Å². The van der Waals surface area contributed by atoms with E-state index < -0.39 is 0 Å². The molecule has 1 saturated carbocycles. The molecule has 1 aliphatic rings. The van der Waals surface area contributed by atoms with E-state index in [0.29, 0.717) is 16.2 Å². The van der Waals surface area contributed by atoms with Gasteiger partial charge in [0.05, 0.1) is 0 Å². The van der Waals surface area contributed by atoms with Crippen molar-refractivity contribution in [2.24, 2.45) is 22.2 Å². The van der Waals surface area contributed by atoms with E-state index in [2.05, 4.69) is 48.5 Å². The van der Waals surface area contributed by atoms with Gasteiger partial charge in [0.25, 0.3) is 0 Å². The molecule has 0 heterocycles. The highest BCUT2D eigenvalue weighted by Gasteiger charge is 2.74. The minimum absolute atomic E-state index is 0.522. The molecule has 0 aromatic heterocycles. The molecule has 0 aliphatic heterocycles. The summed E-state index contributed by atoms with van der Waals surface area (Å²) >= 11 is 0. The first-order chi connectivity index (χ1) is 4.69. The highest BCUT2D eigenvalue weighted by molar-refractivity contribution is 5.22. The maximum Gasteiger partial charge on any atom is -0.0190 e. The van der Waals surface area contributed by atoms with E-state index in [0.717, 1.165) is 5.92 Å². The summed E-state index contributed by atoms with van der Waals surface area (Å²) in [5.74, 6) is 0.799. The number of hydrogen-bond acceptors (Lipinski definition) is 0. The van der Waals surface area contributed by atoms with Gasteiger partial charge in [0, 0.05) is 0 Å². The zero-order valence-electron chi connectivity index (χ0n) is 9.08. The van der Waals surface area contributed by atoms with Gasteiger partial charge >= 0.3 is 0 Å². The number of rotatable bonds is 1. The van der Waals surface area contributed by atoms with Crippen LogP contribution in [-0.4, -0.2) is 0 Å². The normalized spacial score (nSPS) is 30.5. The van der Waals surface area contributed by atoms with Gasteiger partial charge in [-0.25, -0.2) is 0 Å². The van der Waals surface area contributed by atoms with Crippen LogP contribution >= 0.6 is 0 Å². The van der Waals surface area contributed by atoms with Crippen LogP contribution in [0.1, 0.15) is 48.5 Å². The SMILES string of the molecule is CC(C)C1(C)C(C)(C)C1(C)C. The van der Waals surface area contributed by atoms with E-state index in [-0.39, 0.29) is 0 Å². The first-order valence-corrected chi connectivity index (χ1v) is 4.69. The van der Waals surface area contributed by atoms with Gasteiger partial charge in [0.1, 0.15) is 0 Å². The van der Waals surface area contributed by atoms with Gasteiger partial charge in [0.2, 0.25) is 0 Å². The van der Waals surface area contributed by atoms with Crippen LogP contribution in [0.25, 0.3) is 0 Å². The van der Waals surface area contributed by atoms with Crippen molar-refractivity contribution in [2.75, 3.05) is 0 Å². The summed E-state index contributed by atoms with van der Waals surface area (Å²) in [6.07, 6.45) is 0. The molecule has 0 amide bonds. The molecule has 0 N–H and O–H groups in total.